The van der Waals surface area contributed by atoms with Crippen LogP contribution in [0.5, 0.6) is 0 Å². The third kappa shape index (κ3) is 3.18. The molecule has 0 aromatic heterocycles. The van der Waals surface area contributed by atoms with E-state index in [4.69, 9.17) is 0 Å². The topological polar surface area (TPSA) is 20.3 Å². The van der Waals surface area contributed by atoms with Crippen LogP contribution < -0.4 is 0 Å². The smallest absolute Gasteiger partial charge is 0.179 e. The number of Topliss-reactive ketones (excluding diaryl/α,β-unsaturated/α-hetero) is 1. The first-order valence-corrected chi connectivity index (χ1v) is 6.68. The third-order valence-corrected chi connectivity index (χ3v) is 4.02. The van der Waals surface area contributed by atoms with Crippen molar-refractivity contribution in [1.29, 1.82) is 0 Å². The average molecular weight is 267 g/mol. The first-order valence-electron chi connectivity index (χ1n) is 6.68. The van der Waals surface area contributed by atoms with E-state index in [9.17, 15) is 13.6 Å². The van der Waals surface area contributed by atoms with Gasteiger partial charge < -0.3 is 0 Å². The van der Waals surface area contributed by atoms with Gasteiger partial charge in [-0.05, 0) is 50.9 Å². The van der Waals surface area contributed by atoms with Gasteiger partial charge in [-0.25, -0.2) is 8.78 Å². The molecule has 2 nitrogen and oxygen atoms in total. The molecule has 1 aromatic rings. The summed E-state index contributed by atoms with van der Waals surface area (Å²) in [5, 5.41) is 0. The number of hydrogen-bond donors (Lipinski definition) is 0. The van der Waals surface area contributed by atoms with Crippen molar-refractivity contribution in [3.05, 3.63) is 35.4 Å². The molecule has 0 spiro atoms. The van der Waals surface area contributed by atoms with E-state index >= 15 is 0 Å². The highest BCUT2D eigenvalue weighted by atomic mass is 19.2. The average Bonchev–Trinajstić information content (AvgIpc) is 2.35. The molecule has 4 heteroatoms. The fourth-order valence-electron chi connectivity index (χ4n) is 2.33. The number of nitrogens with zero attached hydrogens (tertiary/aromatic N) is 1. The molecule has 1 saturated carbocycles. The predicted molar refractivity (Wildman–Crippen MR) is 70.1 cm³/mol. The maximum atomic E-state index is 13.1. The van der Waals surface area contributed by atoms with Gasteiger partial charge in [0.05, 0.1) is 6.04 Å². The molecule has 0 heterocycles. The summed E-state index contributed by atoms with van der Waals surface area (Å²) in [4.78, 5) is 14.2. The molecule has 1 fully saturated rings. The van der Waals surface area contributed by atoms with Crippen molar-refractivity contribution in [2.24, 2.45) is 5.92 Å². The second kappa shape index (κ2) is 5.78. The number of likely N-dealkylation sites (N-methyl/N-ethyl adjacent to an activating group) is 1. The lowest BCUT2D eigenvalue weighted by atomic mass is 9.85. The summed E-state index contributed by atoms with van der Waals surface area (Å²) in [6.45, 7) is 2.69. The van der Waals surface area contributed by atoms with Gasteiger partial charge in [0, 0.05) is 12.1 Å². The van der Waals surface area contributed by atoms with Gasteiger partial charge in [0.1, 0.15) is 0 Å². The van der Waals surface area contributed by atoms with E-state index < -0.39 is 11.6 Å². The molecule has 0 bridgehead atoms. The van der Waals surface area contributed by atoms with Crippen LogP contribution in [0.3, 0.4) is 0 Å². The molecule has 1 atom stereocenters. The van der Waals surface area contributed by atoms with Crippen LogP contribution in [0.2, 0.25) is 0 Å². The van der Waals surface area contributed by atoms with Gasteiger partial charge in [-0.1, -0.05) is 6.42 Å². The fraction of sp³-hybridized carbons (Fsp3) is 0.533. The molecule has 0 saturated heterocycles. The van der Waals surface area contributed by atoms with E-state index in [1.165, 1.54) is 25.3 Å². The van der Waals surface area contributed by atoms with Crippen LogP contribution >= 0.6 is 0 Å². The lowest BCUT2D eigenvalue weighted by molar-refractivity contribution is 0.0828. The first kappa shape index (κ1) is 14.1. The number of halogens is 2. The SMILES string of the molecule is CC(C(=O)c1ccc(F)c(F)c1)N(C)CC1CCC1. The highest BCUT2D eigenvalue weighted by Crippen LogP contribution is 2.27. The van der Waals surface area contributed by atoms with E-state index in [1.54, 1.807) is 0 Å². The largest absolute Gasteiger partial charge is 0.296 e. The van der Waals surface area contributed by atoms with E-state index in [2.05, 4.69) is 0 Å². The molecular formula is C15H19F2NO. The molecule has 0 radical (unpaired) electrons. The molecule has 104 valence electrons. The quantitative estimate of drug-likeness (QED) is 0.763. The molecule has 19 heavy (non-hydrogen) atoms. The second-order valence-corrected chi connectivity index (χ2v) is 5.41. The summed E-state index contributed by atoms with van der Waals surface area (Å²) >= 11 is 0. The maximum absolute atomic E-state index is 13.1. The molecule has 0 N–H and O–H groups in total. The fourth-order valence-corrected chi connectivity index (χ4v) is 2.33. The number of benzene rings is 1. The third-order valence-electron chi connectivity index (χ3n) is 4.02. The molecular weight excluding hydrogens is 248 g/mol. The second-order valence-electron chi connectivity index (χ2n) is 5.41. The van der Waals surface area contributed by atoms with Gasteiger partial charge in [0.25, 0.3) is 0 Å². The zero-order valence-electron chi connectivity index (χ0n) is 11.3. The van der Waals surface area contributed by atoms with Crippen LogP contribution in [-0.2, 0) is 0 Å². The summed E-state index contributed by atoms with van der Waals surface area (Å²) in [7, 11) is 1.90. The van der Waals surface area contributed by atoms with Crippen molar-refractivity contribution in [2.75, 3.05) is 13.6 Å². The first-order chi connectivity index (χ1) is 8.99. The normalized spacial score (nSPS) is 17.3. The molecule has 1 aliphatic rings. The van der Waals surface area contributed by atoms with Crippen LogP contribution in [0.15, 0.2) is 18.2 Å². The van der Waals surface area contributed by atoms with Gasteiger partial charge in [0.2, 0.25) is 0 Å². The van der Waals surface area contributed by atoms with Crippen LogP contribution in [-0.4, -0.2) is 30.3 Å². The highest BCUT2D eigenvalue weighted by molar-refractivity contribution is 5.99. The molecule has 1 unspecified atom stereocenters. The highest BCUT2D eigenvalue weighted by Gasteiger charge is 2.25. The van der Waals surface area contributed by atoms with Crippen molar-refractivity contribution in [1.82, 2.24) is 4.90 Å². The number of rotatable bonds is 5. The van der Waals surface area contributed by atoms with Crippen LogP contribution in [0.1, 0.15) is 36.5 Å². The Labute approximate surface area is 112 Å². The van der Waals surface area contributed by atoms with Crippen LogP contribution in [0.4, 0.5) is 8.78 Å². The van der Waals surface area contributed by atoms with Gasteiger partial charge in [-0.3, -0.25) is 9.69 Å². The van der Waals surface area contributed by atoms with Gasteiger partial charge in [-0.2, -0.15) is 0 Å². The Bertz CT molecular complexity index is 471. The van der Waals surface area contributed by atoms with E-state index in [0.29, 0.717) is 5.92 Å². The summed E-state index contributed by atoms with van der Waals surface area (Å²) in [6.07, 6.45) is 3.71. The number of hydrogen-bond acceptors (Lipinski definition) is 2. The number of carbonyl (C=O) groups excluding carboxylic acids is 1. The van der Waals surface area contributed by atoms with Crippen molar-refractivity contribution in [2.45, 2.75) is 32.2 Å². The predicted octanol–water partition coefficient (Wildman–Crippen LogP) is 3.27. The van der Waals surface area contributed by atoms with Crippen LogP contribution in [0.25, 0.3) is 0 Å². The molecule has 1 aromatic carbocycles. The van der Waals surface area contributed by atoms with Gasteiger partial charge >= 0.3 is 0 Å². The Kier molecular flexibility index (Phi) is 4.30. The zero-order chi connectivity index (χ0) is 14.0. The van der Waals surface area contributed by atoms with Crippen molar-refractivity contribution in [3.63, 3.8) is 0 Å². The Balaban J connectivity index is 2.02. The van der Waals surface area contributed by atoms with Crippen LogP contribution in [0, 0.1) is 17.6 Å². The number of carbonyl (C=O) groups is 1. The summed E-state index contributed by atoms with van der Waals surface area (Å²) < 4.78 is 26.0. The summed E-state index contributed by atoms with van der Waals surface area (Å²) in [6, 6.07) is 3.01. The Morgan fingerprint density at radius 2 is 2.05 bits per heavy atom. The van der Waals surface area contributed by atoms with E-state index in [1.807, 2.05) is 18.9 Å². The van der Waals surface area contributed by atoms with E-state index in [-0.39, 0.29) is 17.4 Å². The minimum absolute atomic E-state index is 0.166. The maximum Gasteiger partial charge on any atom is 0.179 e. The molecule has 0 aliphatic heterocycles. The Morgan fingerprint density at radius 3 is 2.58 bits per heavy atom. The number of ketones is 1. The van der Waals surface area contributed by atoms with Crippen molar-refractivity contribution < 1.29 is 13.6 Å². The minimum atomic E-state index is -0.973. The van der Waals surface area contributed by atoms with E-state index in [0.717, 1.165) is 18.7 Å². The lowest BCUT2D eigenvalue weighted by Crippen LogP contribution is -2.40. The molecule has 2 rings (SSSR count). The minimum Gasteiger partial charge on any atom is -0.296 e. The Morgan fingerprint density at radius 1 is 1.37 bits per heavy atom. The van der Waals surface area contributed by atoms with Gasteiger partial charge in [0.15, 0.2) is 17.4 Å². The molecule has 1 aliphatic carbocycles. The monoisotopic (exact) mass is 267 g/mol. The van der Waals surface area contributed by atoms with Gasteiger partial charge in [-0.15, -0.1) is 0 Å². The van der Waals surface area contributed by atoms with Crippen molar-refractivity contribution >= 4 is 5.78 Å². The molecule has 0 amide bonds. The summed E-state index contributed by atoms with van der Waals surface area (Å²) in [5.41, 5.74) is 0.229. The summed E-state index contributed by atoms with van der Waals surface area (Å²) in [5.74, 6) is -1.39. The zero-order valence-corrected chi connectivity index (χ0v) is 11.3. The Hall–Kier alpha value is -1.29. The lowest BCUT2D eigenvalue weighted by Gasteiger charge is -2.32. The standard InChI is InChI=1S/C15H19F2NO/c1-10(18(2)9-11-4-3-5-11)15(19)12-6-7-13(16)14(17)8-12/h6-8,10-11H,3-5,9H2,1-2H3. The van der Waals surface area contributed by atoms with Crippen molar-refractivity contribution in [3.8, 4) is 0 Å².